The van der Waals surface area contributed by atoms with Gasteiger partial charge in [0.1, 0.15) is 18.8 Å². The quantitative estimate of drug-likeness (QED) is 0.309. The van der Waals surface area contributed by atoms with Crippen molar-refractivity contribution in [3.63, 3.8) is 0 Å². The SMILES string of the molecule is NCCCC[C@H]1C(=O)N(Cc2cccc(Cl)c2)CC2N(C(=O)OCc3cc(C(F)(F)F)cc(C(F)(F)F)c3)CCC(=O)N21. The minimum absolute atomic E-state index is 0.0161. The zero-order valence-corrected chi connectivity index (χ0v) is 23.5. The van der Waals surface area contributed by atoms with E-state index in [0.717, 1.165) is 0 Å². The zero-order chi connectivity index (χ0) is 31.5. The molecule has 2 aliphatic rings. The molecule has 2 fully saturated rings. The van der Waals surface area contributed by atoms with Crippen LogP contribution in [0.5, 0.6) is 0 Å². The first-order valence-electron chi connectivity index (χ1n) is 13.4. The summed E-state index contributed by atoms with van der Waals surface area (Å²) in [5, 5.41) is 0.449. The Bertz CT molecular complexity index is 1320. The van der Waals surface area contributed by atoms with E-state index in [2.05, 4.69) is 0 Å². The molecule has 3 amide bonds. The normalized spacial score (nSPS) is 19.5. The molecule has 2 aromatic rings. The Morgan fingerprint density at radius 2 is 1.65 bits per heavy atom. The molecule has 0 aliphatic carbocycles. The number of rotatable bonds is 8. The van der Waals surface area contributed by atoms with E-state index in [1.54, 1.807) is 24.3 Å². The molecule has 234 valence electrons. The molecule has 1 unspecified atom stereocenters. The van der Waals surface area contributed by atoms with Crippen molar-refractivity contribution in [2.45, 2.75) is 63.4 Å². The molecule has 4 rings (SSSR count). The summed E-state index contributed by atoms with van der Waals surface area (Å²) in [6.07, 6.45) is -10.9. The molecule has 2 aromatic carbocycles. The first-order chi connectivity index (χ1) is 20.2. The molecular weight excluding hydrogens is 606 g/mol. The molecule has 2 N–H and O–H groups in total. The lowest BCUT2D eigenvalue weighted by atomic mass is 9.98. The van der Waals surface area contributed by atoms with Crippen molar-refractivity contribution in [3.8, 4) is 0 Å². The van der Waals surface area contributed by atoms with Crippen LogP contribution in [0.2, 0.25) is 5.02 Å². The molecular formula is C28H29ClF6N4O4. The van der Waals surface area contributed by atoms with Gasteiger partial charge in [0.15, 0.2) is 0 Å². The second-order valence-corrected chi connectivity index (χ2v) is 10.8. The number of hydrogen-bond donors (Lipinski definition) is 1. The summed E-state index contributed by atoms with van der Waals surface area (Å²) in [4.78, 5) is 43.9. The first-order valence-corrected chi connectivity index (χ1v) is 13.8. The second kappa shape index (κ2) is 13.0. The Morgan fingerprint density at radius 3 is 2.26 bits per heavy atom. The van der Waals surface area contributed by atoms with Gasteiger partial charge in [0.05, 0.1) is 17.7 Å². The van der Waals surface area contributed by atoms with Gasteiger partial charge in [-0.2, -0.15) is 26.3 Å². The Labute approximate surface area is 248 Å². The maximum absolute atomic E-state index is 13.6. The number of piperazine rings is 1. The second-order valence-electron chi connectivity index (χ2n) is 10.3. The third kappa shape index (κ3) is 7.71. The molecule has 0 spiro atoms. The van der Waals surface area contributed by atoms with Crippen LogP contribution in [0.25, 0.3) is 0 Å². The van der Waals surface area contributed by atoms with Crippen molar-refractivity contribution >= 4 is 29.5 Å². The van der Waals surface area contributed by atoms with Gasteiger partial charge in [0, 0.05) is 24.5 Å². The van der Waals surface area contributed by atoms with Crippen molar-refractivity contribution in [2.24, 2.45) is 5.73 Å². The number of carbonyl (C=O) groups excluding carboxylic acids is 3. The fraction of sp³-hybridized carbons (Fsp3) is 0.464. The number of fused-ring (bicyclic) bond motifs is 1. The number of alkyl halides is 6. The zero-order valence-electron chi connectivity index (χ0n) is 22.8. The Balaban J connectivity index is 1.58. The highest BCUT2D eigenvalue weighted by atomic mass is 35.5. The van der Waals surface area contributed by atoms with E-state index < -0.39 is 54.0 Å². The van der Waals surface area contributed by atoms with E-state index in [9.17, 15) is 40.7 Å². The predicted octanol–water partition coefficient (Wildman–Crippen LogP) is 5.41. The topological polar surface area (TPSA) is 96.2 Å². The van der Waals surface area contributed by atoms with Crippen molar-refractivity contribution in [1.29, 1.82) is 0 Å². The number of nitrogens with zero attached hydrogens (tertiary/aromatic N) is 3. The summed E-state index contributed by atoms with van der Waals surface area (Å²) in [5.74, 6) is -0.698. The van der Waals surface area contributed by atoms with Gasteiger partial charge in [-0.25, -0.2) is 4.79 Å². The highest BCUT2D eigenvalue weighted by Gasteiger charge is 2.49. The molecule has 0 bridgehead atoms. The highest BCUT2D eigenvalue weighted by molar-refractivity contribution is 6.30. The van der Waals surface area contributed by atoms with Gasteiger partial charge < -0.3 is 20.3 Å². The summed E-state index contributed by atoms with van der Waals surface area (Å²) < 4.78 is 84.8. The lowest BCUT2D eigenvalue weighted by Crippen LogP contribution is -2.71. The summed E-state index contributed by atoms with van der Waals surface area (Å²) in [6.45, 7) is -0.605. The van der Waals surface area contributed by atoms with Crippen molar-refractivity contribution in [1.82, 2.24) is 14.7 Å². The van der Waals surface area contributed by atoms with Gasteiger partial charge in [-0.3, -0.25) is 14.5 Å². The number of unbranched alkanes of at least 4 members (excludes halogenated alkanes) is 1. The van der Waals surface area contributed by atoms with Gasteiger partial charge in [0.25, 0.3) is 0 Å². The molecule has 8 nitrogen and oxygen atoms in total. The van der Waals surface area contributed by atoms with Gasteiger partial charge in [-0.05, 0) is 67.3 Å². The molecule has 0 saturated carbocycles. The van der Waals surface area contributed by atoms with E-state index in [1.165, 1.54) is 14.7 Å². The van der Waals surface area contributed by atoms with Crippen LogP contribution in [0.15, 0.2) is 42.5 Å². The third-order valence-electron chi connectivity index (χ3n) is 7.29. The van der Waals surface area contributed by atoms with E-state index in [0.29, 0.717) is 42.1 Å². The fourth-order valence-electron chi connectivity index (χ4n) is 5.28. The molecule has 0 radical (unpaired) electrons. The van der Waals surface area contributed by atoms with Gasteiger partial charge in [-0.1, -0.05) is 23.7 Å². The van der Waals surface area contributed by atoms with Crippen LogP contribution in [-0.4, -0.2) is 64.4 Å². The number of benzene rings is 2. The van der Waals surface area contributed by atoms with Crippen LogP contribution in [0.4, 0.5) is 31.1 Å². The molecule has 2 aliphatic heterocycles. The number of hydrogen-bond acceptors (Lipinski definition) is 5. The Hall–Kier alpha value is -3.52. The van der Waals surface area contributed by atoms with Crippen LogP contribution in [0.1, 0.15) is 47.9 Å². The largest absolute Gasteiger partial charge is 0.444 e. The number of halogens is 7. The molecule has 2 atom stereocenters. The van der Waals surface area contributed by atoms with Crippen LogP contribution < -0.4 is 5.73 Å². The summed E-state index contributed by atoms with van der Waals surface area (Å²) in [7, 11) is 0. The number of carbonyl (C=O) groups is 3. The number of ether oxygens (including phenoxy) is 1. The Morgan fingerprint density at radius 1 is 0.977 bits per heavy atom. The molecule has 0 aromatic heterocycles. The lowest BCUT2D eigenvalue weighted by molar-refractivity contribution is -0.169. The number of nitrogens with two attached hydrogens (primary N) is 1. The smallest absolute Gasteiger partial charge is 0.416 e. The van der Waals surface area contributed by atoms with Crippen molar-refractivity contribution in [3.05, 3.63) is 69.7 Å². The van der Waals surface area contributed by atoms with Gasteiger partial charge in [0.2, 0.25) is 11.8 Å². The average molecular weight is 635 g/mol. The average Bonchev–Trinajstić information content (AvgIpc) is 2.93. The van der Waals surface area contributed by atoms with Crippen LogP contribution in [0, 0.1) is 0 Å². The minimum Gasteiger partial charge on any atom is -0.444 e. The maximum Gasteiger partial charge on any atom is 0.416 e. The Kier molecular flexibility index (Phi) is 9.79. The van der Waals surface area contributed by atoms with E-state index >= 15 is 0 Å². The van der Waals surface area contributed by atoms with E-state index in [1.807, 2.05) is 0 Å². The lowest BCUT2D eigenvalue weighted by Gasteiger charge is -2.52. The standard InChI is InChI=1S/C28H29ClF6N4O4/c29-21-5-3-4-17(12-21)14-37-15-23-38(9-7-24(40)39(23)22(25(37)41)6-1-2-8-36)26(42)43-16-18-10-19(27(30,31)32)13-20(11-18)28(33,34)35/h3-5,10-13,22-23H,1-2,6-9,14-16,36H2/t22-,23?/m0/s1. The van der Waals surface area contributed by atoms with Crippen LogP contribution >= 0.6 is 11.6 Å². The van der Waals surface area contributed by atoms with E-state index in [4.69, 9.17) is 22.1 Å². The van der Waals surface area contributed by atoms with Crippen molar-refractivity contribution < 1.29 is 45.5 Å². The molecule has 15 heteroatoms. The summed E-state index contributed by atoms with van der Waals surface area (Å²) in [5.41, 5.74) is 2.73. The minimum atomic E-state index is -5.06. The number of amides is 3. The molecule has 43 heavy (non-hydrogen) atoms. The first kappa shape index (κ1) is 32.4. The monoisotopic (exact) mass is 634 g/mol. The van der Waals surface area contributed by atoms with Gasteiger partial charge in [-0.15, -0.1) is 0 Å². The van der Waals surface area contributed by atoms with Crippen LogP contribution in [0.3, 0.4) is 0 Å². The summed E-state index contributed by atoms with van der Waals surface area (Å²) >= 11 is 6.10. The molecule has 2 saturated heterocycles. The fourth-order valence-corrected chi connectivity index (χ4v) is 5.49. The summed E-state index contributed by atoms with van der Waals surface area (Å²) in [6, 6.07) is 6.85. The predicted molar refractivity (Wildman–Crippen MR) is 142 cm³/mol. The molecule has 2 heterocycles. The highest BCUT2D eigenvalue weighted by Crippen LogP contribution is 2.37. The third-order valence-corrected chi connectivity index (χ3v) is 7.53. The van der Waals surface area contributed by atoms with Crippen molar-refractivity contribution in [2.75, 3.05) is 19.6 Å². The maximum atomic E-state index is 13.6. The van der Waals surface area contributed by atoms with E-state index in [-0.39, 0.29) is 50.4 Å². The van der Waals surface area contributed by atoms with Crippen LogP contribution in [-0.2, 0) is 39.8 Å². The van der Waals surface area contributed by atoms with Gasteiger partial charge >= 0.3 is 18.4 Å².